The summed E-state index contributed by atoms with van der Waals surface area (Å²) < 4.78 is 0. The summed E-state index contributed by atoms with van der Waals surface area (Å²) in [7, 11) is 0. The first-order valence-corrected chi connectivity index (χ1v) is 6.65. The smallest absolute Gasteiger partial charge is 0.238 e. The number of unbranched alkanes of at least 4 members (excludes halogenated alkanes) is 1. The Morgan fingerprint density at radius 2 is 1.82 bits per heavy atom. The minimum atomic E-state index is -0.580. The number of carbonyl (C=O) groups excluding carboxylic acids is 2. The summed E-state index contributed by atoms with van der Waals surface area (Å²) in [5.74, 6) is -0.658. The van der Waals surface area contributed by atoms with Gasteiger partial charge in [-0.2, -0.15) is 0 Å². The Labute approximate surface area is 108 Å². The van der Waals surface area contributed by atoms with Crippen molar-refractivity contribution in [2.75, 3.05) is 0 Å². The van der Waals surface area contributed by atoms with E-state index in [1.54, 1.807) is 0 Å². The SMILES string of the molecule is CCCC[C@@H](CC)CC1C(=O)NC(=S)NC1=O. The highest BCUT2D eigenvalue weighted by molar-refractivity contribution is 7.80. The lowest BCUT2D eigenvalue weighted by Crippen LogP contribution is -2.55. The Kier molecular flexibility index (Phi) is 5.55. The van der Waals surface area contributed by atoms with Crippen LogP contribution in [-0.2, 0) is 9.59 Å². The molecule has 1 aliphatic rings. The van der Waals surface area contributed by atoms with E-state index >= 15 is 0 Å². The molecular weight excluding hydrogens is 236 g/mol. The van der Waals surface area contributed by atoms with Crippen molar-refractivity contribution in [3.8, 4) is 0 Å². The highest BCUT2D eigenvalue weighted by Crippen LogP contribution is 2.23. The molecule has 0 radical (unpaired) electrons. The Morgan fingerprint density at radius 3 is 2.29 bits per heavy atom. The van der Waals surface area contributed by atoms with Gasteiger partial charge in [0, 0.05) is 0 Å². The second kappa shape index (κ2) is 6.69. The van der Waals surface area contributed by atoms with Crippen molar-refractivity contribution in [1.82, 2.24) is 10.6 Å². The molecular formula is C12H20N2O2S. The van der Waals surface area contributed by atoms with Crippen LogP contribution in [0.4, 0.5) is 0 Å². The highest BCUT2D eigenvalue weighted by Gasteiger charge is 2.33. The summed E-state index contributed by atoms with van der Waals surface area (Å²) in [5, 5.41) is 5.13. The lowest BCUT2D eigenvalue weighted by molar-refractivity contribution is -0.135. The molecule has 1 aliphatic heterocycles. The molecule has 4 nitrogen and oxygen atoms in total. The van der Waals surface area contributed by atoms with Gasteiger partial charge in [0.1, 0.15) is 5.92 Å². The van der Waals surface area contributed by atoms with Crippen LogP contribution < -0.4 is 10.6 Å². The van der Waals surface area contributed by atoms with Gasteiger partial charge < -0.3 is 10.6 Å². The molecule has 0 aromatic heterocycles. The van der Waals surface area contributed by atoms with Crippen molar-refractivity contribution >= 4 is 29.1 Å². The molecule has 0 aliphatic carbocycles. The average Bonchev–Trinajstić information content (AvgIpc) is 2.27. The van der Waals surface area contributed by atoms with Gasteiger partial charge in [-0.25, -0.2) is 0 Å². The number of carbonyl (C=O) groups is 2. The molecule has 2 amide bonds. The number of hydrogen-bond donors (Lipinski definition) is 2. The fourth-order valence-corrected chi connectivity index (χ4v) is 2.28. The predicted molar refractivity (Wildman–Crippen MR) is 70.3 cm³/mol. The minimum Gasteiger partial charge on any atom is -0.302 e. The minimum absolute atomic E-state index is 0.123. The van der Waals surface area contributed by atoms with Crippen molar-refractivity contribution < 1.29 is 9.59 Å². The van der Waals surface area contributed by atoms with Crippen LogP contribution in [-0.4, -0.2) is 16.9 Å². The second-order valence-electron chi connectivity index (χ2n) is 4.51. The molecule has 0 aromatic rings. The maximum atomic E-state index is 11.7. The van der Waals surface area contributed by atoms with Crippen LogP contribution in [0, 0.1) is 11.8 Å². The number of thiocarbonyl (C=S) groups is 1. The molecule has 0 saturated carbocycles. The normalized spacial score (nSPS) is 18.8. The molecule has 1 rings (SSSR count). The summed E-state index contributed by atoms with van der Waals surface area (Å²) in [4.78, 5) is 23.4. The van der Waals surface area contributed by atoms with E-state index in [1.165, 1.54) is 0 Å². The van der Waals surface area contributed by atoms with Gasteiger partial charge in [0.05, 0.1) is 0 Å². The zero-order valence-electron chi connectivity index (χ0n) is 10.4. The standard InChI is InChI=1S/C12H20N2O2S/c1-3-5-6-8(4-2)7-9-10(15)13-12(17)14-11(9)16/h8-9H,3-7H2,1-2H3,(H2,13,14,15,16,17)/t8-/m1/s1. The van der Waals surface area contributed by atoms with Crippen molar-refractivity contribution in [2.24, 2.45) is 11.8 Å². The van der Waals surface area contributed by atoms with Gasteiger partial charge in [0.25, 0.3) is 0 Å². The molecule has 0 bridgehead atoms. The van der Waals surface area contributed by atoms with Crippen LogP contribution in [0.2, 0.25) is 0 Å². The predicted octanol–water partition coefficient (Wildman–Crippen LogP) is 1.74. The van der Waals surface area contributed by atoms with Crippen LogP contribution in [0.3, 0.4) is 0 Å². The van der Waals surface area contributed by atoms with Gasteiger partial charge in [-0.3, -0.25) is 9.59 Å². The number of amides is 2. The van der Waals surface area contributed by atoms with E-state index in [1.807, 2.05) is 0 Å². The van der Waals surface area contributed by atoms with Crippen molar-refractivity contribution in [3.63, 3.8) is 0 Å². The molecule has 0 aromatic carbocycles. The zero-order valence-corrected chi connectivity index (χ0v) is 11.2. The maximum absolute atomic E-state index is 11.7. The fourth-order valence-electron chi connectivity index (χ4n) is 2.08. The van der Waals surface area contributed by atoms with E-state index in [9.17, 15) is 9.59 Å². The Balaban J connectivity index is 2.55. The van der Waals surface area contributed by atoms with Crippen molar-refractivity contribution in [1.29, 1.82) is 0 Å². The molecule has 17 heavy (non-hydrogen) atoms. The quantitative estimate of drug-likeness (QED) is 0.562. The largest absolute Gasteiger partial charge is 0.302 e. The van der Waals surface area contributed by atoms with Crippen LogP contribution in [0.5, 0.6) is 0 Å². The lowest BCUT2D eigenvalue weighted by atomic mass is 9.87. The topological polar surface area (TPSA) is 58.2 Å². The van der Waals surface area contributed by atoms with Gasteiger partial charge in [-0.05, 0) is 24.6 Å². The Hall–Kier alpha value is -0.970. The van der Waals surface area contributed by atoms with Gasteiger partial charge in [0.15, 0.2) is 5.11 Å². The molecule has 5 heteroatoms. The van der Waals surface area contributed by atoms with E-state index in [0.29, 0.717) is 12.3 Å². The summed E-state index contributed by atoms with van der Waals surface area (Å²) >= 11 is 4.76. The van der Waals surface area contributed by atoms with E-state index < -0.39 is 5.92 Å². The Morgan fingerprint density at radius 1 is 1.24 bits per heavy atom. The van der Waals surface area contributed by atoms with Crippen molar-refractivity contribution in [3.05, 3.63) is 0 Å². The van der Waals surface area contributed by atoms with E-state index in [-0.39, 0.29) is 16.9 Å². The van der Waals surface area contributed by atoms with E-state index in [0.717, 1.165) is 25.7 Å². The van der Waals surface area contributed by atoms with Gasteiger partial charge in [-0.1, -0.05) is 39.5 Å². The summed E-state index contributed by atoms with van der Waals surface area (Å²) in [5.41, 5.74) is 0. The summed E-state index contributed by atoms with van der Waals surface area (Å²) in [6.45, 7) is 4.24. The third kappa shape index (κ3) is 4.07. The van der Waals surface area contributed by atoms with E-state index in [4.69, 9.17) is 12.2 Å². The zero-order chi connectivity index (χ0) is 12.8. The molecule has 0 spiro atoms. The summed E-state index contributed by atoms with van der Waals surface area (Å²) in [6.07, 6.45) is 4.99. The molecule has 1 saturated heterocycles. The molecule has 1 fully saturated rings. The second-order valence-corrected chi connectivity index (χ2v) is 4.92. The average molecular weight is 256 g/mol. The molecule has 96 valence electrons. The first-order valence-electron chi connectivity index (χ1n) is 6.24. The monoisotopic (exact) mass is 256 g/mol. The molecule has 1 atom stereocenters. The van der Waals surface area contributed by atoms with Gasteiger partial charge >= 0.3 is 0 Å². The molecule has 1 heterocycles. The highest BCUT2D eigenvalue weighted by atomic mass is 32.1. The molecule has 0 unspecified atom stereocenters. The Bertz CT molecular complexity index is 298. The van der Waals surface area contributed by atoms with E-state index in [2.05, 4.69) is 24.5 Å². The first kappa shape index (κ1) is 14.1. The molecule has 2 N–H and O–H groups in total. The number of hydrogen-bond acceptors (Lipinski definition) is 3. The van der Waals surface area contributed by atoms with Crippen LogP contribution in [0.25, 0.3) is 0 Å². The van der Waals surface area contributed by atoms with Crippen LogP contribution in [0.1, 0.15) is 46.0 Å². The lowest BCUT2D eigenvalue weighted by Gasteiger charge is -2.25. The third-order valence-corrected chi connectivity index (χ3v) is 3.42. The maximum Gasteiger partial charge on any atom is 0.238 e. The third-order valence-electron chi connectivity index (χ3n) is 3.22. The number of nitrogens with one attached hydrogen (secondary N) is 2. The summed E-state index contributed by atoms with van der Waals surface area (Å²) in [6, 6.07) is 0. The van der Waals surface area contributed by atoms with Crippen LogP contribution in [0.15, 0.2) is 0 Å². The van der Waals surface area contributed by atoms with Gasteiger partial charge in [0.2, 0.25) is 11.8 Å². The first-order chi connectivity index (χ1) is 8.08. The van der Waals surface area contributed by atoms with Gasteiger partial charge in [-0.15, -0.1) is 0 Å². The fraction of sp³-hybridized carbons (Fsp3) is 0.750. The van der Waals surface area contributed by atoms with Crippen molar-refractivity contribution in [2.45, 2.75) is 46.0 Å². The van der Waals surface area contributed by atoms with Crippen LogP contribution >= 0.6 is 12.2 Å². The number of rotatable bonds is 6.